The van der Waals surface area contributed by atoms with Gasteiger partial charge in [0.05, 0.1) is 5.69 Å². The molecule has 1 aromatic carbocycles. The van der Waals surface area contributed by atoms with Crippen molar-refractivity contribution in [1.29, 1.82) is 0 Å². The summed E-state index contributed by atoms with van der Waals surface area (Å²) in [5.74, 6) is 0. The molecule has 2 aromatic rings. The zero-order chi connectivity index (χ0) is 9.97. The van der Waals surface area contributed by atoms with Gasteiger partial charge in [-0.15, -0.1) is 0 Å². The zero-order valence-corrected chi connectivity index (χ0v) is 8.14. The number of nitrogens with zero attached hydrogens (tertiary/aromatic N) is 2. The first-order chi connectivity index (χ1) is 6.81. The van der Waals surface area contributed by atoms with Crippen LogP contribution in [0.5, 0.6) is 0 Å². The van der Waals surface area contributed by atoms with Gasteiger partial charge in [0.1, 0.15) is 0 Å². The molecule has 0 bridgehead atoms. The Kier molecular flexibility index (Phi) is 2.33. The van der Waals surface area contributed by atoms with E-state index in [4.69, 9.17) is 5.73 Å². The van der Waals surface area contributed by atoms with Gasteiger partial charge in [-0.05, 0) is 30.2 Å². The smallest absolute Gasteiger partial charge is 0.0693 e. The molecule has 0 fully saturated rings. The van der Waals surface area contributed by atoms with Gasteiger partial charge in [-0.2, -0.15) is 5.10 Å². The first-order valence-electron chi connectivity index (χ1n) is 4.61. The highest BCUT2D eigenvalue weighted by molar-refractivity contribution is 5.43. The van der Waals surface area contributed by atoms with Crippen LogP contribution in [0.2, 0.25) is 0 Å². The number of aromatic nitrogens is 2. The number of benzene rings is 1. The fourth-order valence-electron chi connectivity index (χ4n) is 1.47. The summed E-state index contributed by atoms with van der Waals surface area (Å²) < 4.78 is 1.84. The highest BCUT2D eigenvalue weighted by Gasteiger charge is 2.02. The van der Waals surface area contributed by atoms with Crippen LogP contribution in [-0.2, 0) is 6.54 Å². The average molecular weight is 187 g/mol. The molecule has 0 amide bonds. The monoisotopic (exact) mass is 187 g/mol. The molecule has 1 aromatic heterocycles. The maximum Gasteiger partial charge on any atom is 0.0693 e. The molecule has 0 atom stereocenters. The van der Waals surface area contributed by atoms with E-state index in [1.807, 2.05) is 23.0 Å². The van der Waals surface area contributed by atoms with Crippen LogP contribution in [0.3, 0.4) is 0 Å². The highest BCUT2D eigenvalue weighted by Crippen LogP contribution is 2.15. The summed E-state index contributed by atoms with van der Waals surface area (Å²) in [6, 6.07) is 8.11. The predicted octanol–water partition coefficient (Wildman–Crippen LogP) is 1.64. The van der Waals surface area contributed by atoms with Crippen LogP contribution in [0.4, 0.5) is 0 Å². The lowest BCUT2D eigenvalue weighted by atomic mass is 10.1. The molecule has 3 nitrogen and oxygen atoms in total. The van der Waals surface area contributed by atoms with Gasteiger partial charge in [0.15, 0.2) is 0 Å². The van der Waals surface area contributed by atoms with Crippen LogP contribution in [0.25, 0.3) is 5.69 Å². The Labute approximate surface area is 83.2 Å². The van der Waals surface area contributed by atoms with Gasteiger partial charge in [-0.3, -0.25) is 0 Å². The minimum atomic E-state index is 0.537. The van der Waals surface area contributed by atoms with Crippen LogP contribution in [-0.4, -0.2) is 9.78 Å². The number of hydrogen-bond donors (Lipinski definition) is 1. The Balaban J connectivity index is 2.55. The molecular weight excluding hydrogens is 174 g/mol. The van der Waals surface area contributed by atoms with E-state index in [1.54, 1.807) is 6.20 Å². The van der Waals surface area contributed by atoms with Crippen molar-refractivity contribution in [3.05, 3.63) is 47.8 Å². The second-order valence-electron chi connectivity index (χ2n) is 3.29. The van der Waals surface area contributed by atoms with E-state index in [1.165, 1.54) is 5.56 Å². The fraction of sp³-hybridized carbons (Fsp3) is 0.182. The van der Waals surface area contributed by atoms with Crippen molar-refractivity contribution < 1.29 is 0 Å². The van der Waals surface area contributed by atoms with Crippen LogP contribution >= 0.6 is 0 Å². The predicted molar refractivity (Wildman–Crippen MR) is 56.2 cm³/mol. The van der Waals surface area contributed by atoms with E-state index >= 15 is 0 Å². The minimum absolute atomic E-state index is 0.537. The maximum atomic E-state index is 5.67. The van der Waals surface area contributed by atoms with Gasteiger partial charge in [0.2, 0.25) is 0 Å². The van der Waals surface area contributed by atoms with E-state index in [-0.39, 0.29) is 0 Å². The fourth-order valence-corrected chi connectivity index (χ4v) is 1.47. The van der Waals surface area contributed by atoms with Crippen molar-refractivity contribution >= 4 is 0 Å². The summed E-state index contributed by atoms with van der Waals surface area (Å²) in [4.78, 5) is 0. The molecule has 14 heavy (non-hydrogen) atoms. The van der Waals surface area contributed by atoms with Crippen molar-refractivity contribution in [2.45, 2.75) is 13.5 Å². The SMILES string of the molecule is Cc1ccc(CN)c(-n2cccn2)c1. The van der Waals surface area contributed by atoms with Gasteiger partial charge in [0.25, 0.3) is 0 Å². The van der Waals surface area contributed by atoms with E-state index in [0.29, 0.717) is 6.54 Å². The molecule has 1 heterocycles. The van der Waals surface area contributed by atoms with Gasteiger partial charge < -0.3 is 5.73 Å². The van der Waals surface area contributed by atoms with Crippen molar-refractivity contribution in [1.82, 2.24) is 9.78 Å². The largest absolute Gasteiger partial charge is 0.326 e. The second kappa shape index (κ2) is 3.64. The van der Waals surface area contributed by atoms with Crippen molar-refractivity contribution in [2.24, 2.45) is 5.73 Å². The lowest BCUT2D eigenvalue weighted by molar-refractivity contribution is 0.857. The third-order valence-electron chi connectivity index (χ3n) is 2.21. The minimum Gasteiger partial charge on any atom is -0.326 e. The van der Waals surface area contributed by atoms with E-state index < -0.39 is 0 Å². The van der Waals surface area contributed by atoms with E-state index in [0.717, 1.165) is 11.3 Å². The molecule has 2 rings (SSSR count). The molecule has 0 spiro atoms. The van der Waals surface area contributed by atoms with E-state index in [2.05, 4.69) is 24.2 Å². The van der Waals surface area contributed by atoms with Crippen LogP contribution < -0.4 is 5.73 Å². The van der Waals surface area contributed by atoms with Gasteiger partial charge >= 0.3 is 0 Å². The summed E-state index contributed by atoms with van der Waals surface area (Å²) in [5.41, 5.74) is 9.06. The maximum absolute atomic E-state index is 5.67. The number of hydrogen-bond acceptors (Lipinski definition) is 2. The zero-order valence-electron chi connectivity index (χ0n) is 8.14. The molecule has 3 heteroatoms. The van der Waals surface area contributed by atoms with Crippen LogP contribution in [0.1, 0.15) is 11.1 Å². The Hall–Kier alpha value is -1.61. The Morgan fingerprint density at radius 1 is 1.43 bits per heavy atom. The summed E-state index contributed by atoms with van der Waals surface area (Å²) in [7, 11) is 0. The third kappa shape index (κ3) is 1.54. The third-order valence-corrected chi connectivity index (χ3v) is 2.21. The lowest BCUT2D eigenvalue weighted by Gasteiger charge is -2.08. The molecule has 2 N–H and O–H groups in total. The van der Waals surface area contributed by atoms with Crippen LogP contribution in [0.15, 0.2) is 36.7 Å². The summed E-state index contributed by atoms with van der Waals surface area (Å²) in [6.45, 7) is 2.60. The van der Waals surface area contributed by atoms with Crippen LogP contribution in [0, 0.1) is 6.92 Å². The quantitative estimate of drug-likeness (QED) is 0.776. The van der Waals surface area contributed by atoms with Crippen molar-refractivity contribution in [3.63, 3.8) is 0 Å². The molecule has 0 aliphatic heterocycles. The standard InChI is InChI=1S/C11H13N3/c1-9-3-4-10(8-12)11(7-9)14-6-2-5-13-14/h2-7H,8,12H2,1H3. The van der Waals surface area contributed by atoms with Gasteiger partial charge in [0, 0.05) is 18.9 Å². The molecule has 72 valence electrons. The number of rotatable bonds is 2. The topological polar surface area (TPSA) is 43.8 Å². The van der Waals surface area contributed by atoms with Gasteiger partial charge in [-0.25, -0.2) is 4.68 Å². The highest BCUT2D eigenvalue weighted by atomic mass is 15.3. The Morgan fingerprint density at radius 2 is 2.29 bits per heavy atom. The molecular formula is C11H13N3. The molecule has 0 aliphatic carbocycles. The van der Waals surface area contributed by atoms with Crippen molar-refractivity contribution in [2.75, 3.05) is 0 Å². The van der Waals surface area contributed by atoms with E-state index in [9.17, 15) is 0 Å². The first kappa shape index (κ1) is 8.97. The molecule has 0 radical (unpaired) electrons. The number of nitrogens with two attached hydrogens (primary N) is 1. The number of aryl methyl sites for hydroxylation is 1. The lowest BCUT2D eigenvalue weighted by Crippen LogP contribution is -2.05. The molecule has 0 saturated carbocycles. The summed E-state index contributed by atoms with van der Waals surface area (Å²) >= 11 is 0. The second-order valence-corrected chi connectivity index (χ2v) is 3.29. The Bertz CT molecular complexity index is 418. The average Bonchev–Trinajstić information content (AvgIpc) is 2.70. The molecule has 0 aliphatic rings. The Morgan fingerprint density at radius 3 is 2.93 bits per heavy atom. The van der Waals surface area contributed by atoms with Gasteiger partial charge in [-0.1, -0.05) is 12.1 Å². The van der Waals surface area contributed by atoms with Crippen molar-refractivity contribution in [3.8, 4) is 5.69 Å². The molecule has 0 unspecified atom stereocenters. The first-order valence-corrected chi connectivity index (χ1v) is 4.61. The summed E-state index contributed by atoms with van der Waals surface area (Å²) in [6.07, 6.45) is 3.69. The normalized spacial score (nSPS) is 10.4. The summed E-state index contributed by atoms with van der Waals surface area (Å²) in [5, 5.41) is 4.20. The molecule has 0 saturated heterocycles.